The molecule has 1 aromatic carbocycles. The van der Waals surface area contributed by atoms with Gasteiger partial charge in [0.1, 0.15) is 6.17 Å². The van der Waals surface area contributed by atoms with Gasteiger partial charge in [-0.3, -0.25) is 0 Å². The monoisotopic (exact) mass is 386 g/mol. The van der Waals surface area contributed by atoms with Crippen molar-refractivity contribution in [1.82, 2.24) is 0 Å². The van der Waals surface area contributed by atoms with Gasteiger partial charge in [0.15, 0.2) is 17.7 Å². The number of hydrogen-bond donors (Lipinski definition) is 0. The first-order valence-corrected chi connectivity index (χ1v) is 10.2. The highest BCUT2D eigenvalue weighted by Crippen LogP contribution is 2.44. The smallest absolute Gasteiger partial charge is 0.200 e. The third-order valence-electron chi connectivity index (χ3n) is 6.87. The van der Waals surface area contributed by atoms with Crippen LogP contribution in [0.25, 0.3) is 0 Å². The standard InChI is InChI=1S/C22H30F4O/c1-13-3-5-14(6-4-13)15-7-9-16(10-8-15)19(23)20(24)17-11-12-18(27-2)22(26)21(17)25/h11-16,19-20H,3-10H2,1-2H3. The van der Waals surface area contributed by atoms with Crippen molar-refractivity contribution in [3.05, 3.63) is 29.3 Å². The lowest BCUT2D eigenvalue weighted by molar-refractivity contribution is 0.0601. The normalized spacial score (nSPS) is 31.3. The maximum Gasteiger partial charge on any atom is 0.200 e. The average molecular weight is 386 g/mol. The van der Waals surface area contributed by atoms with E-state index >= 15 is 0 Å². The fourth-order valence-electron chi connectivity index (χ4n) is 5.02. The number of halogens is 4. The molecule has 0 saturated heterocycles. The van der Waals surface area contributed by atoms with Crippen molar-refractivity contribution in [2.45, 2.75) is 70.6 Å². The van der Waals surface area contributed by atoms with Crippen LogP contribution < -0.4 is 4.74 Å². The van der Waals surface area contributed by atoms with Crippen molar-refractivity contribution in [2.24, 2.45) is 23.7 Å². The Labute approximate surface area is 159 Å². The van der Waals surface area contributed by atoms with Crippen molar-refractivity contribution in [1.29, 1.82) is 0 Å². The predicted octanol–water partition coefficient (Wildman–Crippen LogP) is 6.95. The van der Waals surface area contributed by atoms with Gasteiger partial charge in [0.25, 0.3) is 0 Å². The van der Waals surface area contributed by atoms with Gasteiger partial charge >= 0.3 is 0 Å². The van der Waals surface area contributed by atoms with Crippen molar-refractivity contribution in [3.8, 4) is 5.75 Å². The summed E-state index contributed by atoms with van der Waals surface area (Å²) in [5, 5.41) is 0. The number of rotatable bonds is 5. The van der Waals surface area contributed by atoms with Crippen molar-refractivity contribution < 1.29 is 22.3 Å². The second kappa shape index (κ2) is 8.83. The molecule has 0 aliphatic heterocycles. The molecule has 2 saturated carbocycles. The third-order valence-corrected chi connectivity index (χ3v) is 6.87. The van der Waals surface area contributed by atoms with E-state index in [2.05, 4.69) is 11.7 Å². The molecule has 27 heavy (non-hydrogen) atoms. The fourth-order valence-corrected chi connectivity index (χ4v) is 5.02. The predicted molar refractivity (Wildman–Crippen MR) is 98.2 cm³/mol. The minimum absolute atomic E-state index is 0.304. The van der Waals surface area contributed by atoms with E-state index in [0.717, 1.165) is 36.8 Å². The molecule has 2 aliphatic carbocycles. The van der Waals surface area contributed by atoms with Gasteiger partial charge in [-0.25, -0.2) is 13.2 Å². The van der Waals surface area contributed by atoms with E-state index in [-0.39, 0.29) is 5.75 Å². The minimum Gasteiger partial charge on any atom is -0.494 e. The summed E-state index contributed by atoms with van der Waals surface area (Å²) >= 11 is 0. The van der Waals surface area contributed by atoms with E-state index in [9.17, 15) is 17.6 Å². The van der Waals surface area contributed by atoms with Crippen LogP contribution in [-0.4, -0.2) is 13.3 Å². The summed E-state index contributed by atoms with van der Waals surface area (Å²) in [5.41, 5.74) is -0.552. The maximum absolute atomic E-state index is 14.8. The lowest BCUT2D eigenvalue weighted by Gasteiger charge is -2.38. The van der Waals surface area contributed by atoms with Crippen LogP contribution in [0.1, 0.15) is 70.0 Å². The lowest BCUT2D eigenvalue weighted by Crippen LogP contribution is -2.30. The molecule has 1 aromatic rings. The van der Waals surface area contributed by atoms with Gasteiger partial charge in [-0.05, 0) is 74.3 Å². The van der Waals surface area contributed by atoms with Crippen LogP contribution in [0.15, 0.2) is 12.1 Å². The SMILES string of the molecule is COc1ccc(C(F)C(F)C2CCC(C3CCC(C)CC3)CC2)c(F)c1F. The van der Waals surface area contributed by atoms with Crippen LogP contribution in [0.3, 0.4) is 0 Å². The zero-order valence-corrected chi connectivity index (χ0v) is 16.2. The summed E-state index contributed by atoms with van der Waals surface area (Å²) < 4.78 is 62.1. The second-order valence-corrected chi connectivity index (χ2v) is 8.53. The van der Waals surface area contributed by atoms with Crippen LogP contribution in [0.5, 0.6) is 5.75 Å². The number of hydrogen-bond acceptors (Lipinski definition) is 1. The zero-order valence-electron chi connectivity index (χ0n) is 16.2. The molecule has 5 heteroatoms. The molecule has 152 valence electrons. The van der Waals surface area contributed by atoms with E-state index < -0.39 is 35.5 Å². The van der Waals surface area contributed by atoms with E-state index in [1.807, 2.05) is 0 Å². The Hall–Kier alpha value is -1.26. The minimum atomic E-state index is -2.15. The van der Waals surface area contributed by atoms with Crippen molar-refractivity contribution >= 4 is 0 Å². The summed E-state index contributed by atoms with van der Waals surface area (Å²) in [6, 6.07) is 2.23. The molecule has 1 nitrogen and oxygen atoms in total. The average Bonchev–Trinajstić information content (AvgIpc) is 2.70. The lowest BCUT2D eigenvalue weighted by atomic mass is 9.68. The molecule has 0 radical (unpaired) electrons. The Kier molecular flexibility index (Phi) is 6.69. The highest BCUT2D eigenvalue weighted by atomic mass is 19.2. The molecule has 0 aromatic heterocycles. The third kappa shape index (κ3) is 4.43. The Morgan fingerprint density at radius 1 is 0.852 bits per heavy atom. The van der Waals surface area contributed by atoms with Gasteiger partial charge in [0.2, 0.25) is 5.82 Å². The molecule has 0 heterocycles. The van der Waals surface area contributed by atoms with Gasteiger partial charge < -0.3 is 4.74 Å². The van der Waals surface area contributed by atoms with Gasteiger partial charge in [-0.1, -0.05) is 19.8 Å². The van der Waals surface area contributed by atoms with E-state index in [1.165, 1.54) is 32.8 Å². The molecule has 0 spiro atoms. The summed E-state index contributed by atoms with van der Waals surface area (Å²) in [5.74, 6) is -1.22. The van der Waals surface area contributed by atoms with Crippen molar-refractivity contribution in [2.75, 3.05) is 7.11 Å². The second-order valence-electron chi connectivity index (χ2n) is 8.53. The molecular formula is C22H30F4O. The Balaban J connectivity index is 1.59. The number of benzene rings is 1. The van der Waals surface area contributed by atoms with Crippen LogP contribution in [0, 0.1) is 35.3 Å². The summed E-state index contributed by atoms with van der Waals surface area (Å²) in [7, 11) is 1.20. The van der Waals surface area contributed by atoms with Crippen LogP contribution in [0.2, 0.25) is 0 Å². The topological polar surface area (TPSA) is 9.23 Å². The van der Waals surface area contributed by atoms with Gasteiger partial charge in [0.05, 0.1) is 7.11 Å². The van der Waals surface area contributed by atoms with E-state index in [1.54, 1.807) is 0 Å². The number of methoxy groups -OCH3 is 1. The molecule has 3 rings (SSSR count). The summed E-state index contributed by atoms with van der Waals surface area (Å²) in [6.45, 7) is 2.29. The largest absolute Gasteiger partial charge is 0.494 e. The van der Waals surface area contributed by atoms with Gasteiger partial charge in [-0.2, -0.15) is 4.39 Å². The highest BCUT2D eigenvalue weighted by molar-refractivity contribution is 5.32. The Bertz CT molecular complexity index is 619. The highest BCUT2D eigenvalue weighted by Gasteiger charge is 2.37. The number of alkyl halides is 2. The fraction of sp³-hybridized carbons (Fsp3) is 0.727. The molecule has 2 atom stereocenters. The van der Waals surface area contributed by atoms with Crippen LogP contribution in [-0.2, 0) is 0 Å². The first kappa shape index (κ1) is 20.5. The quantitative estimate of drug-likeness (QED) is 0.497. The molecule has 2 unspecified atom stereocenters. The first-order chi connectivity index (χ1) is 12.9. The van der Waals surface area contributed by atoms with Crippen LogP contribution in [0.4, 0.5) is 17.6 Å². The Morgan fingerprint density at radius 2 is 1.41 bits per heavy atom. The number of ether oxygens (including phenoxy) is 1. The summed E-state index contributed by atoms with van der Waals surface area (Å²) in [6.07, 6.45) is 4.15. The summed E-state index contributed by atoms with van der Waals surface area (Å²) in [4.78, 5) is 0. The van der Waals surface area contributed by atoms with Gasteiger partial charge in [0, 0.05) is 5.56 Å². The Morgan fingerprint density at radius 3 is 1.96 bits per heavy atom. The molecule has 0 N–H and O–H groups in total. The molecule has 2 aliphatic rings. The van der Waals surface area contributed by atoms with Crippen molar-refractivity contribution in [3.63, 3.8) is 0 Å². The molecule has 0 amide bonds. The molecular weight excluding hydrogens is 356 g/mol. The first-order valence-electron chi connectivity index (χ1n) is 10.2. The van der Waals surface area contributed by atoms with Gasteiger partial charge in [-0.15, -0.1) is 0 Å². The van der Waals surface area contributed by atoms with E-state index in [4.69, 9.17) is 0 Å². The molecule has 2 fully saturated rings. The molecule has 0 bridgehead atoms. The maximum atomic E-state index is 14.8. The van der Waals surface area contributed by atoms with E-state index in [0.29, 0.717) is 18.8 Å². The zero-order chi connectivity index (χ0) is 19.6. The van der Waals surface area contributed by atoms with Crippen LogP contribution >= 0.6 is 0 Å².